The highest BCUT2D eigenvalue weighted by molar-refractivity contribution is 6.11. The van der Waals surface area contributed by atoms with E-state index in [1.165, 1.54) is 0 Å². The molecule has 0 atom stereocenters. The van der Waals surface area contributed by atoms with Crippen molar-refractivity contribution < 1.29 is 9.59 Å². The zero-order valence-electron chi connectivity index (χ0n) is 9.00. The lowest BCUT2D eigenvalue weighted by Crippen LogP contribution is -2.39. The summed E-state index contributed by atoms with van der Waals surface area (Å²) < 4.78 is 1.73. The Balaban J connectivity index is 2.63. The number of hydrogen-bond donors (Lipinski definition) is 1. The third-order valence-electron chi connectivity index (χ3n) is 2.38. The molecule has 0 fully saturated rings. The molecule has 0 radical (unpaired) electrons. The van der Waals surface area contributed by atoms with Crippen molar-refractivity contribution in [2.75, 3.05) is 6.54 Å². The second-order valence-electron chi connectivity index (χ2n) is 4.59. The van der Waals surface area contributed by atoms with Crippen LogP contribution >= 0.6 is 0 Å². The molecule has 0 unspecified atom stereocenters. The fourth-order valence-electron chi connectivity index (χ4n) is 1.61. The van der Waals surface area contributed by atoms with Gasteiger partial charge in [0.25, 0.3) is 5.91 Å². The summed E-state index contributed by atoms with van der Waals surface area (Å²) in [6.07, 6.45) is 1.55. The molecule has 0 saturated carbocycles. The van der Waals surface area contributed by atoms with Gasteiger partial charge in [-0.15, -0.1) is 0 Å². The minimum atomic E-state index is -0.254. The van der Waals surface area contributed by atoms with Crippen LogP contribution in [-0.2, 0) is 5.54 Å². The first-order valence-electron chi connectivity index (χ1n) is 4.80. The molecule has 1 aliphatic rings. The normalized spacial score (nSPS) is 16.2. The number of ketones is 1. The number of aromatic nitrogens is 2. The van der Waals surface area contributed by atoms with Crippen molar-refractivity contribution in [3.05, 3.63) is 17.7 Å². The summed E-state index contributed by atoms with van der Waals surface area (Å²) in [4.78, 5) is 27.1. The maximum atomic E-state index is 11.6. The standard InChI is InChI=1S/C10H13N3O2/c1-10(2,3)13-5-12-7-6(14)4-11-9(15)8(7)13/h5H,4H2,1-3H3,(H,11,15). The SMILES string of the molecule is CC(C)(C)n1cnc2c1C(=O)NCC2=O. The molecule has 0 saturated heterocycles. The summed E-state index contributed by atoms with van der Waals surface area (Å²) >= 11 is 0. The molecule has 0 aromatic carbocycles. The van der Waals surface area contributed by atoms with Gasteiger partial charge in [0.2, 0.25) is 5.78 Å². The van der Waals surface area contributed by atoms with Crippen LogP contribution in [0.15, 0.2) is 6.33 Å². The number of nitrogens with zero attached hydrogens (tertiary/aromatic N) is 2. The van der Waals surface area contributed by atoms with Crippen molar-refractivity contribution in [1.29, 1.82) is 0 Å². The van der Waals surface area contributed by atoms with Crippen LogP contribution in [0.25, 0.3) is 0 Å². The topological polar surface area (TPSA) is 64.0 Å². The van der Waals surface area contributed by atoms with Gasteiger partial charge in [-0.05, 0) is 20.8 Å². The summed E-state index contributed by atoms with van der Waals surface area (Å²) in [5.74, 6) is -0.357. The molecule has 5 heteroatoms. The molecule has 0 spiro atoms. The molecule has 2 heterocycles. The van der Waals surface area contributed by atoms with E-state index in [1.54, 1.807) is 10.9 Å². The molecule has 5 nitrogen and oxygen atoms in total. The number of nitrogens with one attached hydrogen (secondary N) is 1. The van der Waals surface area contributed by atoms with Crippen molar-refractivity contribution in [3.8, 4) is 0 Å². The van der Waals surface area contributed by atoms with Crippen LogP contribution in [0.4, 0.5) is 0 Å². The smallest absolute Gasteiger partial charge is 0.270 e. The zero-order chi connectivity index (χ0) is 11.2. The van der Waals surface area contributed by atoms with E-state index in [0.717, 1.165) is 0 Å². The number of Topliss-reactive ketones (excluding diaryl/α,β-unsaturated/α-hetero) is 1. The molecular weight excluding hydrogens is 194 g/mol. The molecule has 1 aromatic heterocycles. The van der Waals surface area contributed by atoms with Crippen molar-refractivity contribution in [2.24, 2.45) is 0 Å². The van der Waals surface area contributed by atoms with E-state index in [1.807, 2.05) is 20.8 Å². The van der Waals surface area contributed by atoms with Crippen LogP contribution in [0.2, 0.25) is 0 Å². The maximum absolute atomic E-state index is 11.6. The molecule has 0 bridgehead atoms. The third-order valence-corrected chi connectivity index (χ3v) is 2.38. The fourth-order valence-corrected chi connectivity index (χ4v) is 1.61. The van der Waals surface area contributed by atoms with E-state index in [-0.39, 0.29) is 29.5 Å². The van der Waals surface area contributed by atoms with Crippen molar-refractivity contribution in [1.82, 2.24) is 14.9 Å². The fraction of sp³-hybridized carbons (Fsp3) is 0.500. The minimum Gasteiger partial charge on any atom is -0.343 e. The Hall–Kier alpha value is -1.65. The molecule has 1 aromatic rings. The highest BCUT2D eigenvalue weighted by Crippen LogP contribution is 2.21. The quantitative estimate of drug-likeness (QED) is 0.676. The summed E-state index contributed by atoms with van der Waals surface area (Å²) in [5.41, 5.74) is 0.405. The lowest BCUT2D eigenvalue weighted by molar-refractivity contribution is 0.0863. The van der Waals surface area contributed by atoms with Crippen LogP contribution in [-0.4, -0.2) is 27.8 Å². The minimum absolute atomic E-state index is 0.0486. The Morgan fingerprint density at radius 3 is 2.67 bits per heavy atom. The Bertz CT molecular complexity index is 440. The van der Waals surface area contributed by atoms with E-state index in [2.05, 4.69) is 10.3 Å². The van der Waals surface area contributed by atoms with Crippen LogP contribution < -0.4 is 5.32 Å². The van der Waals surface area contributed by atoms with Gasteiger partial charge in [-0.3, -0.25) is 9.59 Å². The highest BCUT2D eigenvalue weighted by Gasteiger charge is 2.31. The average molecular weight is 207 g/mol. The van der Waals surface area contributed by atoms with Crippen molar-refractivity contribution in [3.63, 3.8) is 0 Å². The van der Waals surface area contributed by atoms with Crippen molar-refractivity contribution in [2.45, 2.75) is 26.3 Å². The Labute approximate surface area is 87.5 Å². The predicted molar refractivity (Wildman–Crippen MR) is 53.9 cm³/mol. The number of carbonyl (C=O) groups is 2. The van der Waals surface area contributed by atoms with Crippen LogP contribution in [0.1, 0.15) is 41.7 Å². The Morgan fingerprint density at radius 1 is 1.40 bits per heavy atom. The summed E-state index contributed by atoms with van der Waals surface area (Å²) in [5, 5.41) is 2.54. The molecule has 1 N–H and O–H groups in total. The molecule has 15 heavy (non-hydrogen) atoms. The first-order valence-corrected chi connectivity index (χ1v) is 4.80. The summed E-state index contributed by atoms with van der Waals surface area (Å²) in [6.45, 7) is 5.93. The van der Waals surface area contributed by atoms with E-state index in [9.17, 15) is 9.59 Å². The van der Waals surface area contributed by atoms with Gasteiger partial charge >= 0.3 is 0 Å². The number of hydrogen-bond acceptors (Lipinski definition) is 3. The molecule has 1 amide bonds. The molecule has 2 rings (SSSR count). The number of rotatable bonds is 0. The maximum Gasteiger partial charge on any atom is 0.270 e. The number of fused-ring (bicyclic) bond motifs is 1. The van der Waals surface area contributed by atoms with Crippen LogP contribution in [0.3, 0.4) is 0 Å². The molecule has 80 valence electrons. The van der Waals surface area contributed by atoms with Gasteiger partial charge < -0.3 is 9.88 Å². The summed E-state index contributed by atoms with van der Waals surface area (Å²) in [6, 6.07) is 0. The molecule has 0 aliphatic carbocycles. The van der Waals surface area contributed by atoms with Crippen LogP contribution in [0.5, 0.6) is 0 Å². The van der Waals surface area contributed by atoms with Gasteiger partial charge in [0.05, 0.1) is 12.9 Å². The van der Waals surface area contributed by atoms with E-state index in [4.69, 9.17) is 0 Å². The number of amides is 1. The summed E-state index contributed by atoms with van der Waals surface area (Å²) in [7, 11) is 0. The lowest BCUT2D eigenvalue weighted by atomic mass is 10.1. The van der Waals surface area contributed by atoms with E-state index in [0.29, 0.717) is 5.69 Å². The zero-order valence-corrected chi connectivity index (χ0v) is 9.00. The van der Waals surface area contributed by atoms with Gasteiger partial charge in [-0.2, -0.15) is 0 Å². The number of imidazole rings is 1. The van der Waals surface area contributed by atoms with Gasteiger partial charge in [0.15, 0.2) is 0 Å². The monoisotopic (exact) mass is 207 g/mol. The predicted octanol–water partition coefficient (Wildman–Crippen LogP) is 0.564. The molecule has 1 aliphatic heterocycles. The Kier molecular flexibility index (Phi) is 1.92. The largest absolute Gasteiger partial charge is 0.343 e. The van der Waals surface area contributed by atoms with Gasteiger partial charge in [0, 0.05) is 5.54 Å². The van der Waals surface area contributed by atoms with Crippen molar-refractivity contribution >= 4 is 11.7 Å². The van der Waals surface area contributed by atoms with Gasteiger partial charge in [0.1, 0.15) is 11.4 Å². The van der Waals surface area contributed by atoms with E-state index < -0.39 is 0 Å². The number of carbonyl (C=O) groups excluding carboxylic acids is 2. The first-order chi connectivity index (χ1) is 6.91. The first kappa shape index (κ1) is 9.89. The highest BCUT2D eigenvalue weighted by atomic mass is 16.2. The third kappa shape index (κ3) is 1.44. The van der Waals surface area contributed by atoms with Gasteiger partial charge in [-0.1, -0.05) is 0 Å². The molecular formula is C10H13N3O2. The van der Waals surface area contributed by atoms with Crippen LogP contribution in [0, 0.1) is 0 Å². The second-order valence-corrected chi connectivity index (χ2v) is 4.59. The van der Waals surface area contributed by atoms with E-state index >= 15 is 0 Å². The van der Waals surface area contributed by atoms with Gasteiger partial charge in [-0.25, -0.2) is 4.98 Å². The average Bonchev–Trinajstić information content (AvgIpc) is 2.55. The second kappa shape index (κ2) is 2.92. The Morgan fingerprint density at radius 2 is 2.07 bits per heavy atom. The lowest BCUT2D eigenvalue weighted by Gasteiger charge is -2.24.